The van der Waals surface area contributed by atoms with E-state index in [1.54, 1.807) is 6.33 Å². The number of aliphatic imine (C=N–C) groups is 1. The van der Waals surface area contributed by atoms with Crippen molar-refractivity contribution in [2.24, 2.45) is 4.99 Å². The van der Waals surface area contributed by atoms with E-state index in [2.05, 4.69) is 63.5 Å². The van der Waals surface area contributed by atoms with Crippen LogP contribution in [0, 0.1) is 6.92 Å². The summed E-state index contributed by atoms with van der Waals surface area (Å²) in [6, 6.07) is 8.49. The highest BCUT2D eigenvalue weighted by atomic mass is 127. The molecule has 7 nitrogen and oxygen atoms in total. The van der Waals surface area contributed by atoms with E-state index >= 15 is 0 Å². The third kappa shape index (κ3) is 7.05. The molecule has 0 spiro atoms. The number of aromatic nitrogens is 3. The Bertz CT molecular complexity index is 725. The fraction of sp³-hybridized carbons (Fsp3) is 0.550. The van der Waals surface area contributed by atoms with Crippen LogP contribution in [0.25, 0.3) is 0 Å². The number of aryl methyl sites for hydroxylation is 2. The summed E-state index contributed by atoms with van der Waals surface area (Å²) in [6.45, 7) is 8.05. The van der Waals surface area contributed by atoms with Crippen LogP contribution in [-0.4, -0.2) is 46.5 Å². The molecule has 0 aliphatic carbocycles. The van der Waals surface area contributed by atoms with Crippen molar-refractivity contribution in [1.29, 1.82) is 0 Å². The van der Waals surface area contributed by atoms with Gasteiger partial charge in [0.05, 0.1) is 12.6 Å². The second kappa shape index (κ2) is 12.0. The van der Waals surface area contributed by atoms with Gasteiger partial charge in [0.2, 0.25) is 0 Å². The lowest BCUT2D eigenvalue weighted by Crippen LogP contribution is -2.42. The van der Waals surface area contributed by atoms with E-state index in [1.807, 2.05) is 0 Å². The second-order valence-corrected chi connectivity index (χ2v) is 6.89. The van der Waals surface area contributed by atoms with Crippen molar-refractivity contribution in [3.8, 4) is 0 Å². The van der Waals surface area contributed by atoms with Crippen molar-refractivity contribution >= 4 is 29.9 Å². The molecule has 0 bridgehead atoms. The smallest absolute Gasteiger partial charge is 0.191 e. The summed E-state index contributed by atoms with van der Waals surface area (Å²) in [5.41, 5.74) is 2.46. The van der Waals surface area contributed by atoms with Crippen molar-refractivity contribution in [2.45, 2.75) is 52.3 Å². The molecule has 2 aromatic rings. The molecule has 0 amide bonds. The fourth-order valence-electron chi connectivity index (χ4n) is 3.09. The minimum absolute atomic E-state index is 0. The highest BCUT2D eigenvalue weighted by Crippen LogP contribution is 2.10. The number of halogens is 1. The summed E-state index contributed by atoms with van der Waals surface area (Å²) in [5, 5.41) is 15.0. The Morgan fingerprint density at radius 3 is 2.82 bits per heavy atom. The normalized spacial score (nSPS) is 16.6. The molecule has 1 aromatic heterocycles. The van der Waals surface area contributed by atoms with Gasteiger partial charge < -0.3 is 19.9 Å². The first kappa shape index (κ1) is 22.6. The number of ether oxygens (including phenoxy) is 1. The number of nitrogens with zero attached hydrogens (tertiary/aromatic N) is 4. The van der Waals surface area contributed by atoms with E-state index in [4.69, 9.17) is 9.73 Å². The van der Waals surface area contributed by atoms with Gasteiger partial charge in [-0.3, -0.25) is 0 Å². The summed E-state index contributed by atoms with van der Waals surface area (Å²) in [5.74, 6) is 1.82. The van der Waals surface area contributed by atoms with Gasteiger partial charge >= 0.3 is 0 Å². The van der Waals surface area contributed by atoms with Gasteiger partial charge in [0.15, 0.2) is 5.96 Å². The van der Waals surface area contributed by atoms with Crippen LogP contribution >= 0.6 is 24.0 Å². The van der Waals surface area contributed by atoms with E-state index in [-0.39, 0.29) is 30.1 Å². The first-order valence-electron chi connectivity index (χ1n) is 9.80. The van der Waals surface area contributed by atoms with E-state index < -0.39 is 0 Å². The van der Waals surface area contributed by atoms with Gasteiger partial charge in [-0.1, -0.05) is 36.8 Å². The number of hydrogen-bond acceptors (Lipinski definition) is 4. The maximum Gasteiger partial charge on any atom is 0.191 e. The molecule has 3 rings (SSSR count). The molecule has 0 radical (unpaired) electrons. The molecule has 1 saturated heterocycles. The average molecular weight is 498 g/mol. The standard InChI is InChI=1S/C20H30N6O.HI/c1-3-19-25-24-15-26(19)11-10-21-20(23-14-18-5-4-12-27-18)22-13-17-8-6-16(2)7-9-17;/h6-9,15,18H,3-5,10-14H2,1-2H3,(H2,21,22,23);1H. The Balaban J connectivity index is 0.00000280. The zero-order valence-corrected chi connectivity index (χ0v) is 19.1. The van der Waals surface area contributed by atoms with Crippen LogP contribution in [0.15, 0.2) is 35.6 Å². The molecular weight excluding hydrogens is 467 g/mol. The van der Waals surface area contributed by atoms with E-state index in [9.17, 15) is 0 Å². The summed E-state index contributed by atoms with van der Waals surface area (Å²) in [6.07, 6.45) is 5.19. The van der Waals surface area contributed by atoms with Gasteiger partial charge in [-0.15, -0.1) is 34.2 Å². The zero-order valence-electron chi connectivity index (χ0n) is 16.7. The predicted octanol–water partition coefficient (Wildman–Crippen LogP) is 2.68. The van der Waals surface area contributed by atoms with E-state index in [0.717, 1.165) is 57.3 Å². The first-order chi connectivity index (χ1) is 13.2. The van der Waals surface area contributed by atoms with Gasteiger partial charge in [0.1, 0.15) is 12.2 Å². The zero-order chi connectivity index (χ0) is 18.9. The van der Waals surface area contributed by atoms with Gasteiger partial charge in [-0.2, -0.15) is 0 Å². The highest BCUT2D eigenvalue weighted by molar-refractivity contribution is 14.0. The van der Waals surface area contributed by atoms with Gasteiger partial charge in [0, 0.05) is 32.7 Å². The highest BCUT2D eigenvalue weighted by Gasteiger charge is 2.15. The third-order valence-corrected chi connectivity index (χ3v) is 4.72. The summed E-state index contributed by atoms with van der Waals surface area (Å²) >= 11 is 0. The number of rotatable bonds is 8. The molecule has 154 valence electrons. The van der Waals surface area contributed by atoms with E-state index in [1.165, 1.54) is 11.1 Å². The topological polar surface area (TPSA) is 76.4 Å². The maximum absolute atomic E-state index is 5.71. The molecular formula is C20H31IN6O. The molecule has 1 atom stereocenters. The van der Waals surface area contributed by atoms with Crippen LogP contribution in [0.4, 0.5) is 0 Å². The Morgan fingerprint density at radius 2 is 2.11 bits per heavy atom. The second-order valence-electron chi connectivity index (χ2n) is 6.89. The summed E-state index contributed by atoms with van der Waals surface area (Å²) < 4.78 is 7.78. The SMILES string of the molecule is CCc1nncn1CCNC(=NCc1ccc(C)cc1)NCC1CCCO1.I. The monoisotopic (exact) mass is 498 g/mol. The molecule has 1 aromatic carbocycles. The van der Waals surface area contributed by atoms with Gasteiger partial charge in [0.25, 0.3) is 0 Å². The lowest BCUT2D eigenvalue weighted by Gasteiger charge is -2.16. The van der Waals surface area contributed by atoms with Crippen LogP contribution in [-0.2, 0) is 24.2 Å². The Kier molecular flexibility index (Phi) is 9.69. The van der Waals surface area contributed by atoms with Crippen molar-refractivity contribution in [3.05, 3.63) is 47.5 Å². The van der Waals surface area contributed by atoms with Crippen molar-refractivity contribution in [2.75, 3.05) is 19.7 Å². The molecule has 1 aliphatic heterocycles. The van der Waals surface area contributed by atoms with Crippen molar-refractivity contribution < 1.29 is 4.74 Å². The lowest BCUT2D eigenvalue weighted by molar-refractivity contribution is 0.114. The van der Waals surface area contributed by atoms with Gasteiger partial charge in [-0.05, 0) is 25.3 Å². The molecule has 1 unspecified atom stereocenters. The molecule has 0 saturated carbocycles. The number of guanidine groups is 1. The Morgan fingerprint density at radius 1 is 1.29 bits per heavy atom. The van der Waals surface area contributed by atoms with E-state index in [0.29, 0.717) is 6.54 Å². The lowest BCUT2D eigenvalue weighted by atomic mass is 10.1. The Hall–Kier alpha value is -1.68. The minimum atomic E-state index is 0. The number of nitrogens with one attached hydrogen (secondary N) is 2. The van der Waals surface area contributed by atoms with Crippen LogP contribution in [0.1, 0.15) is 36.7 Å². The number of benzene rings is 1. The van der Waals surface area contributed by atoms with Crippen LogP contribution in [0.3, 0.4) is 0 Å². The number of hydrogen-bond donors (Lipinski definition) is 2. The first-order valence-corrected chi connectivity index (χ1v) is 9.80. The molecule has 1 aliphatic rings. The average Bonchev–Trinajstić information content (AvgIpc) is 3.36. The quantitative estimate of drug-likeness (QED) is 0.333. The summed E-state index contributed by atoms with van der Waals surface area (Å²) in [4.78, 5) is 4.74. The molecule has 1 fully saturated rings. The molecule has 2 N–H and O–H groups in total. The molecule has 2 heterocycles. The van der Waals surface area contributed by atoms with Crippen molar-refractivity contribution in [3.63, 3.8) is 0 Å². The summed E-state index contributed by atoms with van der Waals surface area (Å²) in [7, 11) is 0. The molecule has 28 heavy (non-hydrogen) atoms. The van der Waals surface area contributed by atoms with Crippen LogP contribution in [0.2, 0.25) is 0 Å². The maximum atomic E-state index is 5.71. The van der Waals surface area contributed by atoms with Crippen LogP contribution < -0.4 is 10.6 Å². The molecule has 8 heteroatoms. The van der Waals surface area contributed by atoms with Crippen molar-refractivity contribution in [1.82, 2.24) is 25.4 Å². The van der Waals surface area contributed by atoms with Crippen LogP contribution in [0.5, 0.6) is 0 Å². The predicted molar refractivity (Wildman–Crippen MR) is 122 cm³/mol. The fourth-order valence-corrected chi connectivity index (χ4v) is 3.09. The third-order valence-electron chi connectivity index (χ3n) is 4.72. The van der Waals surface area contributed by atoms with Gasteiger partial charge in [-0.25, -0.2) is 4.99 Å². The largest absolute Gasteiger partial charge is 0.376 e. The minimum Gasteiger partial charge on any atom is -0.376 e. The Labute approximate surface area is 184 Å².